The third-order valence-electron chi connectivity index (χ3n) is 7.36. The van der Waals surface area contributed by atoms with Gasteiger partial charge in [-0.1, -0.05) is 6.42 Å². The highest BCUT2D eigenvalue weighted by Crippen LogP contribution is 2.29. The topological polar surface area (TPSA) is 85.2 Å². The molecule has 0 unspecified atom stereocenters. The molecular formula is C26H34N6O2. The van der Waals surface area contributed by atoms with E-state index in [1.165, 1.54) is 25.0 Å². The minimum atomic E-state index is 0.0101. The van der Waals surface area contributed by atoms with E-state index in [0.29, 0.717) is 5.82 Å². The Morgan fingerprint density at radius 2 is 1.91 bits per heavy atom. The van der Waals surface area contributed by atoms with E-state index in [-0.39, 0.29) is 17.9 Å². The molecule has 2 aliphatic rings. The van der Waals surface area contributed by atoms with Gasteiger partial charge in [-0.25, -0.2) is 9.97 Å². The van der Waals surface area contributed by atoms with Crippen LogP contribution >= 0.6 is 0 Å². The molecule has 1 aliphatic heterocycles. The van der Waals surface area contributed by atoms with Gasteiger partial charge in [0.1, 0.15) is 5.82 Å². The first-order chi connectivity index (χ1) is 16.6. The second kappa shape index (κ2) is 10.2. The third kappa shape index (κ3) is 4.98. The van der Waals surface area contributed by atoms with Crippen molar-refractivity contribution in [2.45, 2.75) is 57.6 Å². The van der Waals surface area contributed by atoms with Crippen LogP contribution in [0.25, 0.3) is 22.2 Å². The minimum Gasteiger partial charge on any atom is -0.381 e. The van der Waals surface area contributed by atoms with Crippen LogP contribution in [0.5, 0.6) is 0 Å². The molecule has 0 bridgehead atoms. The summed E-state index contributed by atoms with van der Waals surface area (Å²) in [6.07, 6.45) is 11.4. The Labute approximate surface area is 200 Å². The molecule has 8 nitrogen and oxygen atoms in total. The summed E-state index contributed by atoms with van der Waals surface area (Å²) in [5, 5.41) is 8.49. The molecule has 0 aromatic carbocycles. The highest BCUT2D eigenvalue weighted by atomic mass is 16.5. The molecule has 1 amide bonds. The molecule has 5 rings (SSSR count). The fourth-order valence-electron chi connectivity index (χ4n) is 5.22. The van der Waals surface area contributed by atoms with E-state index in [4.69, 9.17) is 9.72 Å². The maximum atomic E-state index is 12.8. The summed E-state index contributed by atoms with van der Waals surface area (Å²) in [6.45, 7) is 3.16. The number of aryl methyl sites for hydroxylation is 1. The minimum absolute atomic E-state index is 0.0101. The SMILES string of the molecule is COC1CCC(C(=O)Nc2cc3nc(-c4cnn(C)c4CN4CCCCC4)ccc3cn2)CC1. The molecule has 3 aromatic heterocycles. The van der Waals surface area contributed by atoms with Crippen LogP contribution in [0.4, 0.5) is 5.82 Å². The number of rotatable bonds is 6. The quantitative estimate of drug-likeness (QED) is 0.592. The lowest BCUT2D eigenvalue weighted by molar-refractivity contribution is -0.121. The smallest absolute Gasteiger partial charge is 0.228 e. The van der Waals surface area contributed by atoms with Crippen LogP contribution < -0.4 is 5.32 Å². The van der Waals surface area contributed by atoms with Crippen molar-refractivity contribution < 1.29 is 9.53 Å². The van der Waals surface area contributed by atoms with Crippen molar-refractivity contribution in [3.8, 4) is 11.3 Å². The largest absolute Gasteiger partial charge is 0.381 e. The molecule has 2 fully saturated rings. The highest BCUT2D eigenvalue weighted by molar-refractivity contribution is 5.93. The fourth-order valence-corrected chi connectivity index (χ4v) is 5.22. The lowest BCUT2D eigenvalue weighted by Crippen LogP contribution is -2.30. The van der Waals surface area contributed by atoms with Crippen LogP contribution in [0.3, 0.4) is 0 Å². The molecule has 0 radical (unpaired) electrons. The summed E-state index contributed by atoms with van der Waals surface area (Å²) in [4.78, 5) is 24.7. The lowest BCUT2D eigenvalue weighted by Gasteiger charge is -2.26. The number of methoxy groups -OCH3 is 1. The zero-order valence-corrected chi connectivity index (χ0v) is 20.2. The Kier molecular flexibility index (Phi) is 6.87. The van der Waals surface area contributed by atoms with Crippen LogP contribution in [0.2, 0.25) is 0 Å². The van der Waals surface area contributed by atoms with Crippen LogP contribution in [0, 0.1) is 5.92 Å². The number of hydrogen-bond donors (Lipinski definition) is 1. The maximum Gasteiger partial charge on any atom is 0.228 e. The number of hydrogen-bond acceptors (Lipinski definition) is 6. The molecular weight excluding hydrogens is 428 g/mol. The average molecular weight is 463 g/mol. The summed E-state index contributed by atoms with van der Waals surface area (Å²) >= 11 is 0. The first-order valence-electron chi connectivity index (χ1n) is 12.4. The number of likely N-dealkylation sites (tertiary alicyclic amines) is 1. The standard InChI is InChI=1S/C26H34N6O2/c1-31-24(17-32-12-4-3-5-13-32)21(16-28-31)22-11-8-19-15-27-25(14-23(19)29-22)30-26(33)18-6-9-20(34-2)10-7-18/h8,11,14-16,18,20H,3-7,9-10,12-13,17H2,1-2H3,(H,27,30,33). The van der Waals surface area contributed by atoms with Crippen molar-refractivity contribution in [3.63, 3.8) is 0 Å². The Balaban J connectivity index is 1.34. The predicted octanol–water partition coefficient (Wildman–Crippen LogP) is 4.16. The van der Waals surface area contributed by atoms with Crippen molar-refractivity contribution >= 4 is 22.6 Å². The van der Waals surface area contributed by atoms with Crippen molar-refractivity contribution in [2.24, 2.45) is 13.0 Å². The second-order valence-corrected chi connectivity index (χ2v) is 9.62. The second-order valence-electron chi connectivity index (χ2n) is 9.62. The number of anilines is 1. The Morgan fingerprint density at radius 1 is 1.12 bits per heavy atom. The molecule has 1 N–H and O–H groups in total. The predicted molar refractivity (Wildman–Crippen MR) is 132 cm³/mol. The van der Waals surface area contributed by atoms with E-state index in [1.807, 2.05) is 36.1 Å². The summed E-state index contributed by atoms with van der Waals surface area (Å²) in [6, 6.07) is 5.95. The highest BCUT2D eigenvalue weighted by Gasteiger charge is 2.26. The van der Waals surface area contributed by atoms with Gasteiger partial charge in [-0.05, 0) is 63.7 Å². The van der Waals surface area contributed by atoms with Gasteiger partial charge < -0.3 is 10.1 Å². The summed E-state index contributed by atoms with van der Waals surface area (Å²) in [5.74, 6) is 0.598. The Hall–Kier alpha value is -2.84. The number of carbonyl (C=O) groups excluding carboxylic acids is 1. The lowest BCUT2D eigenvalue weighted by atomic mass is 9.87. The van der Waals surface area contributed by atoms with E-state index in [9.17, 15) is 4.79 Å². The van der Waals surface area contributed by atoms with Gasteiger partial charge in [0.05, 0.1) is 29.2 Å². The molecule has 3 aromatic rings. The molecule has 0 spiro atoms. The van der Waals surface area contributed by atoms with Gasteiger partial charge in [0, 0.05) is 49.8 Å². The van der Waals surface area contributed by atoms with Gasteiger partial charge in [-0.15, -0.1) is 0 Å². The number of aromatic nitrogens is 4. The molecule has 34 heavy (non-hydrogen) atoms. The van der Waals surface area contributed by atoms with E-state index in [0.717, 1.165) is 67.5 Å². The van der Waals surface area contributed by atoms with Gasteiger partial charge >= 0.3 is 0 Å². The zero-order chi connectivity index (χ0) is 23.5. The number of amides is 1. The van der Waals surface area contributed by atoms with Crippen LogP contribution in [-0.4, -0.2) is 56.9 Å². The number of fused-ring (bicyclic) bond motifs is 1. The fraction of sp³-hybridized carbons (Fsp3) is 0.538. The van der Waals surface area contributed by atoms with Gasteiger partial charge in [0.2, 0.25) is 5.91 Å². The van der Waals surface area contributed by atoms with Crippen LogP contribution in [0.1, 0.15) is 50.6 Å². The molecule has 1 saturated carbocycles. The van der Waals surface area contributed by atoms with Crippen molar-refractivity contribution in [3.05, 3.63) is 36.3 Å². The summed E-state index contributed by atoms with van der Waals surface area (Å²) in [5.41, 5.74) is 3.96. The number of pyridine rings is 2. The molecule has 8 heteroatoms. The monoisotopic (exact) mass is 462 g/mol. The number of nitrogens with zero attached hydrogens (tertiary/aromatic N) is 5. The number of carbonyl (C=O) groups is 1. The molecule has 1 aliphatic carbocycles. The van der Waals surface area contributed by atoms with E-state index in [2.05, 4.69) is 20.3 Å². The summed E-state index contributed by atoms with van der Waals surface area (Å²) < 4.78 is 7.39. The van der Waals surface area contributed by atoms with Gasteiger partial charge in [-0.3, -0.25) is 14.4 Å². The van der Waals surface area contributed by atoms with Crippen LogP contribution in [-0.2, 0) is 23.1 Å². The molecule has 0 atom stereocenters. The van der Waals surface area contributed by atoms with E-state index < -0.39 is 0 Å². The number of ether oxygens (including phenoxy) is 1. The van der Waals surface area contributed by atoms with Gasteiger partial charge in [0.15, 0.2) is 0 Å². The molecule has 1 saturated heterocycles. The van der Waals surface area contributed by atoms with Crippen molar-refractivity contribution in [2.75, 3.05) is 25.5 Å². The average Bonchev–Trinajstić information content (AvgIpc) is 3.24. The van der Waals surface area contributed by atoms with Gasteiger partial charge in [-0.2, -0.15) is 5.10 Å². The van der Waals surface area contributed by atoms with Crippen molar-refractivity contribution in [1.82, 2.24) is 24.6 Å². The number of piperidine rings is 1. The Morgan fingerprint density at radius 3 is 2.68 bits per heavy atom. The van der Waals surface area contributed by atoms with E-state index >= 15 is 0 Å². The third-order valence-corrected chi connectivity index (χ3v) is 7.36. The molecule has 4 heterocycles. The number of nitrogens with one attached hydrogen (secondary N) is 1. The van der Waals surface area contributed by atoms with E-state index in [1.54, 1.807) is 13.3 Å². The first-order valence-corrected chi connectivity index (χ1v) is 12.4. The van der Waals surface area contributed by atoms with Crippen LogP contribution in [0.15, 0.2) is 30.6 Å². The maximum absolute atomic E-state index is 12.8. The summed E-state index contributed by atoms with van der Waals surface area (Å²) in [7, 11) is 3.74. The zero-order valence-electron chi connectivity index (χ0n) is 20.2. The van der Waals surface area contributed by atoms with Gasteiger partial charge in [0.25, 0.3) is 0 Å². The first kappa shape index (κ1) is 22.9. The molecule has 180 valence electrons. The van der Waals surface area contributed by atoms with Crippen molar-refractivity contribution in [1.29, 1.82) is 0 Å². The Bertz CT molecular complexity index is 1150. The normalized spacial score (nSPS) is 21.6.